The van der Waals surface area contributed by atoms with Crippen molar-refractivity contribution in [3.05, 3.63) is 35.6 Å². The van der Waals surface area contributed by atoms with Gasteiger partial charge >= 0.3 is 5.97 Å². The zero-order valence-corrected chi connectivity index (χ0v) is 9.50. The van der Waals surface area contributed by atoms with E-state index in [1.54, 1.807) is 12.1 Å². The largest absolute Gasteiger partial charge is 0.461 e. The smallest absolute Gasteiger partial charge is 0.306 e. The first-order chi connectivity index (χ1) is 7.47. The van der Waals surface area contributed by atoms with E-state index in [-0.39, 0.29) is 23.3 Å². The minimum atomic E-state index is -0.244. The quantitative estimate of drug-likeness (QED) is 0.719. The molecule has 0 amide bonds. The Morgan fingerprint density at radius 2 is 2.00 bits per heavy atom. The van der Waals surface area contributed by atoms with Gasteiger partial charge in [-0.3, -0.25) is 4.79 Å². The predicted octanol–water partition coefficient (Wildman–Crippen LogP) is 2.71. The molecule has 0 radical (unpaired) electrons. The summed E-state index contributed by atoms with van der Waals surface area (Å²) < 4.78 is 18.0. The predicted molar refractivity (Wildman–Crippen MR) is 58.4 cm³/mol. The minimum Gasteiger partial charge on any atom is -0.461 e. The Balaban J connectivity index is 2.10. The van der Waals surface area contributed by atoms with E-state index in [9.17, 15) is 9.18 Å². The van der Waals surface area contributed by atoms with Crippen LogP contribution in [0.4, 0.5) is 4.39 Å². The van der Waals surface area contributed by atoms with Gasteiger partial charge in [0.2, 0.25) is 0 Å². The summed E-state index contributed by atoms with van der Waals surface area (Å²) in [6.45, 7) is 4.04. The van der Waals surface area contributed by atoms with E-state index in [2.05, 4.69) is 0 Å². The van der Waals surface area contributed by atoms with Gasteiger partial charge in [0.25, 0.3) is 0 Å². The molecule has 1 fully saturated rings. The molecule has 2 rings (SSSR count). The van der Waals surface area contributed by atoms with Crippen LogP contribution in [0.1, 0.15) is 25.8 Å². The highest BCUT2D eigenvalue weighted by Crippen LogP contribution is 2.36. The molecule has 0 aliphatic carbocycles. The number of hydrogen-bond donors (Lipinski definition) is 0. The van der Waals surface area contributed by atoms with Gasteiger partial charge in [0, 0.05) is 11.8 Å². The van der Waals surface area contributed by atoms with Crippen molar-refractivity contribution >= 4 is 5.97 Å². The fourth-order valence-corrected chi connectivity index (χ4v) is 2.00. The Morgan fingerprint density at radius 3 is 2.50 bits per heavy atom. The zero-order valence-electron chi connectivity index (χ0n) is 9.50. The van der Waals surface area contributed by atoms with Gasteiger partial charge in [0.05, 0.1) is 6.42 Å². The van der Waals surface area contributed by atoms with Crippen molar-refractivity contribution in [1.82, 2.24) is 0 Å². The van der Waals surface area contributed by atoms with Crippen LogP contribution in [0.3, 0.4) is 0 Å². The lowest BCUT2D eigenvalue weighted by atomic mass is 9.82. The summed E-state index contributed by atoms with van der Waals surface area (Å²) in [5.41, 5.74) is 0.861. The molecular formula is C13H15FO2. The summed E-state index contributed by atoms with van der Waals surface area (Å²) in [5.74, 6) is -0.386. The Hall–Kier alpha value is -1.38. The molecule has 3 heteroatoms. The summed E-state index contributed by atoms with van der Waals surface area (Å²) in [6.07, 6.45) is 1.00. The second kappa shape index (κ2) is 3.89. The lowest BCUT2D eigenvalue weighted by Crippen LogP contribution is -2.26. The van der Waals surface area contributed by atoms with Crippen LogP contribution in [0, 0.1) is 11.2 Å². The number of ether oxygens (including phenoxy) is 1. The molecule has 0 spiro atoms. The molecule has 0 bridgehead atoms. The molecule has 1 saturated heterocycles. The van der Waals surface area contributed by atoms with Crippen molar-refractivity contribution in [3.63, 3.8) is 0 Å². The first-order valence-electron chi connectivity index (χ1n) is 5.41. The zero-order chi connectivity index (χ0) is 11.8. The van der Waals surface area contributed by atoms with Crippen LogP contribution in [-0.4, -0.2) is 12.1 Å². The van der Waals surface area contributed by atoms with Crippen LogP contribution in [0.25, 0.3) is 0 Å². The maximum Gasteiger partial charge on any atom is 0.306 e. The van der Waals surface area contributed by atoms with Gasteiger partial charge in [-0.2, -0.15) is 0 Å². The summed E-state index contributed by atoms with van der Waals surface area (Å²) in [4.78, 5) is 11.2. The van der Waals surface area contributed by atoms with E-state index < -0.39 is 0 Å². The van der Waals surface area contributed by atoms with E-state index in [4.69, 9.17) is 4.74 Å². The molecule has 2 nitrogen and oxygen atoms in total. The molecule has 0 saturated carbocycles. The van der Waals surface area contributed by atoms with Crippen molar-refractivity contribution < 1.29 is 13.9 Å². The average molecular weight is 222 g/mol. The van der Waals surface area contributed by atoms with Crippen molar-refractivity contribution in [2.45, 2.75) is 32.8 Å². The second-order valence-corrected chi connectivity index (χ2v) is 4.97. The molecule has 1 heterocycles. The molecule has 1 aliphatic rings. The number of halogens is 1. The number of esters is 1. The Bertz CT molecular complexity index is 395. The molecule has 1 unspecified atom stereocenters. The third-order valence-corrected chi connectivity index (χ3v) is 3.08. The molecule has 1 aromatic carbocycles. The van der Waals surface area contributed by atoms with Gasteiger partial charge in [0.1, 0.15) is 11.9 Å². The maximum atomic E-state index is 12.7. The van der Waals surface area contributed by atoms with Gasteiger partial charge < -0.3 is 4.74 Å². The molecular weight excluding hydrogens is 207 g/mol. The third-order valence-electron chi connectivity index (χ3n) is 3.08. The normalized spacial score (nSPS) is 23.2. The van der Waals surface area contributed by atoms with E-state index in [1.165, 1.54) is 12.1 Å². The summed E-state index contributed by atoms with van der Waals surface area (Å²) >= 11 is 0. The standard InChI is InChI=1S/C13H15FO2/c1-13(2)8-12(15)16-11(13)7-9-3-5-10(14)6-4-9/h3-6,11H,7-8H2,1-2H3. The van der Waals surface area contributed by atoms with E-state index in [1.807, 2.05) is 13.8 Å². The Kier molecular flexibility index (Phi) is 2.70. The van der Waals surface area contributed by atoms with Crippen LogP contribution >= 0.6 is 0 Å². The summed E-state index contributed by atoms with van der Waals surface area (Å²) in [5, 5.41) is 0. The van der Waals surface area contributed by atoms with Crippen LogP contribution in [0.15, 0.2) is 24.3 Å². The van der Waals surface area contributed by atoms with Crippen LogP contribution in [0.2, 0.25) is 0 Å². The van der Waals surface area contributed by atoms with Crippen LogP contribution in [-0.2, 0) is 16.0 Å². The van der Waals surface area contributed by atoms with Crippen molar-refractivity contribution in [2.24, 2.45) is 5.41 Å². The first kappa shape index (κ1) is 11.1. The summed E-state index contributed by atoms with van der Waals surface area (Å²) in [7, 11) is 0. The highest BCUT2D eigenvalue weighted by atomic mass is 19.1. The molecule has 1 aromatic rings. The number of benzene rings is 1. The van der Waals surface area contributed by atoms with E-state index >= 15 is 0 Å². The Morgan fingerprint density at radius 1 is 1.38 bits per heavy atom. The fourth-order valence-electron chi connectivity index (χ4n) is 2.00. The highest BCUT2D eigenvalue weighted by Gasteiger charge is 2.41. The second-order valence-electron chi connectivity index (χ2n) is 4.97. The number of rotatable bonds is 2. The molecule has 1 atom stereocenters. The molecule has 0 aromatic heterocycles. The lowest BCUT2D eigenvalue weighted by molar-refractivity contribution is -0.141. The monoisotopic (exact) mass is 222 g/mol. The van der Waals surface area contributed by atoms with E-state index in [0.717, 1.165) is 5.56 Å². The number of hydrogen-bond acceptors (Lipinski definition) is 2. The van der Waals surface area contributed by atoms with Gasteiger partial charge in [-0.05, 0) is 17.7 Å². The van der Waals surface area contributed by atoms with Crippen molar-refractivity contribution in [1.29, 1.82) is 0 Å². The number of cyclic esters (lactones) is 1. The van der Waals surface area contributed by atoms with E-state index in [0.29, 0.717) is 12.8 Å². The molecule has 16 heavy (non-hydrogen) atoms. The average Bonchev–Trinajstić information content (AvgIpc) is 2.43. The van der Waals surface area contributed by atoms with Crippen molar-refractivity contribution in [3.8, 4) is 0 Å². The number of carbonyl (C=O) groups excluding carboxylic acids is 1. The van der Waals surface area contributed by atoms with Gasteiger partial charge in [-0.25, -0.2) is 4.39 Å². The molecule has 1 aliphatic heterocycles. The SMILES string of the molecule is CC1(C)CC(=O)OC1Cc1ccc(F)cc1. The van der Waals surface area contributed by atoms with Crippen LogP contribution < -0.4 is 0 Å². The molecule has 0 N–H and O–H groups in total. The number of carbonyl (C=O) groups is 1. The highest BCUT2D eigenvalue weighted by molar-refractivity contribution is 5.72. The van der Waals surface area contributed by atoms with Crippen molar-refractivity contribution in [2.75, 3.05) is 0 Å². The summed E-state index contributed by atoms with van der Waals surface area (Å²) in [6, 6.07) is 6.33. The first-order valence-corrected chi connectivity index (χ1v) is 5.41. The van der Waals surface area contributed by atoms with Gasteiger partial charge in [-0.1, -0.05) is 26.0 Å². The Labute approximate surface area is 94.4 Å². The van der Waals surface area contributed by atoms with Gasteiger partial charge in [-0.15, -0.1) is 0 Å². The maximum absolute atomic E-state index is 12.7. The topological polar surface area (TPSA) is 26.3 Å². The minimum absolute atomic E-state index is 0.106. The lowest BCUT2D eigenvalue weighted by Gasteiger charge is -2.23. The fraction of sp³-hybridized carbons (Fsp3) is 0.462. The van der Waals surface area contributed by atoms with Gasteiger partial charge in [0.15, 0.2) is 0 Å². The third kappa shape index (κ3) is 2.23. The molecule has 86 valence electrons. The van der Waals surface area contributed by atoms with Crippen LogP contribution in [0.5, 0.6) is 0 Å².